The summed E-state index contributed by atoms with van der Waals surface area (Å²) in [4.78, 5) is 45.1. The lowest BCUT2D eigenvalue weighted by Crippen LogP contribution is -2.25. The van der Waals surface area contributed by atoms with Gasteiger partial charge >= 0.3 is 23.9 Å². The SMILES string of the molecule is O=C1OC(=O)C2=C1CC1C(=O)OC(=O)C1C2. The summed E-state index contributed by atoms with van der Waals surface area (Å²) >= 11 is 0. The van der Waals surface area contributed by atoms with Crippen LogP contribution in [-0.2, 0) is 28.7 Å². The average molecular weight is 222 g/mol. The fraction of sp³-hybridized carbons (Fsp3) is 0.400. The molecule has 3 aliphatic rings. The first-order valence-corrected chi connectivity index (χ1v) is 4.82. The van der Waals surface area contributed by atoms with Gasteiger partial charge in [-0.25, -0.2) is 9.59 Å². The van der Waals surface area contributed by atoms with Crippen LogP contribution in [0.5, 0.6) is 0 Å². The quantitative estimate of drug-likeness (QED) is 0.404. The van der Waals surface area contributed by atoms with Crippen LogP contribution in [0.15, 0.2) is 11.1 Å². The normalized spacial score (nSPS) is 32.5. The molecule has 0 spiro atoms. The van der Waals surface area contributed by atoms with E-state index in [0.29, 0.717) is 0 Å². The maximum absolute atomic E-state index is 11.3. The van der Waals surface area contributed by atoms with Gasteiger partial charge in [-0.1, -0.05) is 0 Å². The third kappa shape index (κ3) is 1.01. The van der Waals surface area contributed by atoms with Gasteiger partial charge in [0.15, 0.2) is 0 Å². The Balaban J connectivity index is 2.02. The van der Waals surface area contributed by atoms with E-state index in [2.05, 4.69) is 9.47 Å². The first kappa shape index (κ1) is 9.26. The van der Waals surface area contributed by atoms with Crippen molar-refractivity contribution < 1.29 is 28.7 Å². The molecular weight excluding hydrogens is 216 g/mol. The summed E-state index contributed by atoms with van der Waals surface area (Å²) < 4.78 is 8.90. The molecule has 3 rings (SSSR count). The van der Waals surface area contributed by atoms with Crippen molar-refractivity contribution in [2.45, 2.75) is 12.8 Å². The Morgan fingerprint density at radius 2 is 1.19 bits per heavy atom. The molecule has 0 aromatic heterocycles. The Labute approximate surface area is 89.2 Å². The van der Waals surface area contributed by atoms with Crippen LogP contribution >= 0.6 is 0 Å². The summed E-state index contributed by atoms with van der Waals surface area (Å²) in [5.41, 5.74) is 0.441. The number of esters is 4. The van der Waals surface area contributed by atoms with Gasteiger partial charge in [-0.3, -0.25) is 9.59 Å². The van der Waals surface area contributed by atoms with E-state index in [1.165, 1.54) is 0 Å². The van der Waals surface area contributed by atoms with Gasteiger partial charge in [-0.05, 0) is 12.8 Å². The van der Waals surface area contributed by atoms with Gasteiger partial charge in [0.1, 0.15) is 0 Å². The van der Waals surface area contributed by atoms with Gasteiger partial charge in [0.2, 0.25) is 0 Å². The zero-order valence-electron chi connectivity index (χ0n) is 8.02. The first-order chi connectivity index (χ1) is 7.58. The summed E-state index contributed by atoms with van der Waals surface area (Å²) in [7, 11) is 0. The molecule has 16 heavy (non-hydrogen) atoms. The molecule has 0 bridgehead atoms. The molecular formula is C10H6O6. The highest BCUT2D eigenvalue weighted by molar-refractivity contribution is 6.14. The van der Waals surface area contributed by atoms with Gasteiger partial charge < -0.3 is 9.47 Å². The predicted octanol–water partition coefficient (Wildman–Crippen LogP) is -0.524. The van der Waals surface area contributed by atoms with Gasteiger partial charge in [-0.2, -0.15) is 0 Å². The number of hydrogen-bond donors (Lipinski definition) is 0. The van der Waals surface area contributed by atoms with E-state index in [0.717, 1.165) is 0 Å². The standard InChI is InChI=1S/C10H6O6/c11-7-3-1-4-6(10(14)16-8(4)12)2-5(3)9(13)15-7/h3,5H,1-2H2. The second-order valence-electron chi connectivity index (χ2n) is 4.00. The van der Waals surface area contributed by atoms with Crippen molar-refractivity contribution in [3.05, 3.63) is 11.1 Å². The summed E-state index contributed by atoms with van der Waals surface area (Å²) in [6.45, 7) is 0. The van der Waals surface area contributed by atoms with E-state index in [4.69, 9.17) is 0 Å². The van der Waals surface area contributed by atoms with Crippen LogP contribution in [0, 0.1) is 11.8 Å². The Kier molecular flexibility index (Phi) is 1.61. The van der Waals surface area contributed by atoms with E-state index in [-0.39, 0.29) is 24.0 Å². The Bertz CT molecular complexity index is 444. The minimum atomic E-state index is -0.703. The maximum Gasteiger partial charge on any atom is 0.342 e. The Morgan fingerprint density at radius 3 is 1.62 bits per heavy atom. The molecule has 1 saturated heterocycles. The zero-order valence-corrected chi connectivity index (χ0v) is 8.02. The maximum atomic E-state index is 11.3. The summed E-state index contributed by atoms with van der Waals surface area (Å²) in [5.74, 6) is -3.91. The van der Waals surface area contributed by atoms with Crippen molar-refractivity contribution in [3.63, 3.8) is 0 Å². The van der Waals surface area contributed by atoms with Gasteiger partial charge in [0, 0.05) is 11.1 Å². The minimum absolute atomic E-state index is 0.0646. The lowest BCUT2D eigenvalue weighted by atomic mass is 9.78. The fourth-order valence-corrected chi connectivity index (χ4v) is 2.34. The molecule has 0 aromatic rings. The van der Waals surface area contributed by atoms with E-state index < -0.39 is 35.7 Å². The van der Waals surface area contributed by atoms with Gasteiger partial charge in [0.25, 0.3) is 0 Å². The van der Waals surface area contributed by atoms with Crippen molar-refractivity contribution in [3.8, 4) is 0 Å². The number of carbonyl (C=O) groups excluding carboxylic acids is 4. The average Bonchev–Trinajstić information content (AvgIpc) is 2.67. The van der Waals surface area contributed by atoms with Crippen LogP contribution in [0.4, 0.5) is 0 Å². The van der Waals surface area contributed by atoms with Crippen LogP contribution in [0.25, 0.3) is 0 Å². The molecule has 1 fully saturated rings. The van der Waals surface area contributed by atoms with Gasteiger partial charge in [-0.15, -0.1) is 0 Å². The number of cyclic esters (lactones) is 4. The lowest BCUT2D eigenvalue weighted by molar-refractivity contribution is -0.153. The third-order valence-corrected chi connectivity index (χ3v) is 3.18. The van der Waals surface area contributed by atoms with Gasteiger partial charge in [0.05, 0.1) is 11.8 Å². The van der Waals surface area contributed by atoms with Crippen LogP contribution in [0.1, 0.15) is 12.8 Å². The molecule has 0 amide bonds. The molecule has 2 heterocycles. The van der Waals surface area contributed by atoms with Crippen LogP contribution in [-0.4, -0.2) is 23.9 Å². The van der Waals surface area contributed by atoms with E-state index in [1.54, 1.807) is 0 Å². The fourth-order valence-electron chi connectivity index (χ4n) is 2.34. The van der Waals surface area contributed by atoms with Crippen LogP contribution in [0.2, 0.25) is 0 Å². The van der Waals surface area contributed by atoms with Crippen LogP contribution in [0.3, 0.4) is 0 Å². The topological polar surface area (TPSA) is 86.7 Å². The van der Waals surface area contributed by atoms with Crippen molar-refractivity contribution in [1.29, 1.82) is 0 Å². The van der Waals surface area contributed by atoms with Crippen LogP contribution < -0.4 is 0 Å². The van der Waals surface area contributed by atoms with Crippen molar-refractivity contribution in [2.75, 3.05) is 0 Å². The molecule has 82 valence electrons. The lowest BCUT2D eigenvalue weighted by Gasteiger charge is -2.18. The second-order valence-corrected chi connectivity index (χ2v) is 4.00. The molecule has 6 nitrogen and oxygen atoms in total. The molecule has 1 aliphatic carbocycles. The van der Waals surface area contributed by atoms with E-state index >= 15 is 0 Å². The van der Waals surface area contributed by atoms with E-state index in [9.17, 15) is 19.2 Å². The first-order valence-electron chi connectivity index (χ1n) is 4.82. The van der Waals surface area contributed by atoms with E-state index in [1.807, 2.05) is 0 Å². The summed E-state index contributed by atoms with van der Waals surface area (Å²) in [5, 5.41) is 0. The Morgan fingerprint density at radius 1 is 0.750 bits per heavy atom. The molecule has 0 aromatic carbocycles. The van der Waals surface area contributed by atoms with Crippen molar-refractivity contribution in [1.82, 2.24) is 0 Å². The molecule has 2 aliphatic heterocycles. The predicted molar refractivity (Wildman–Crippen MR) is 45.4 cm³/mol. The third-order valence-electron chi connectivity index (χ3n) is 3.18. The molecule has 6 heteroatoms. The highest BCUT2D eigenvalue weighted by atomic mass is 16.6. The monoisotopic (exact) mass is 222 g/mol. The number of hydrogen-bond acceptors (Lipinski definition) is 6. The van der Waals surface area contributed by atoms with Crippen molar-refractivity contribution in [2.24, 2.45) is 11.8 Å². The second kappa shape index (κ2) is 2.78. The number of rotatable bonds is 0. The number of fused-ring (bicyclic) bond motifs is 1. The highest BCUT2D eigenvalue weighted by Crippen LogP contribution is 2.42. The number of carbonyl (C=O) groups is 4. The molecule has 0 radical (unpaired) electrons. The summed E-state index contributed by atoms with van der Waals surface area (Å²) in [6, 6.07) is 0. The molecule has 2 atom stereocenters. The van der Waals surface area contributed by atoms with Crippen molar-refractivity contribution >= 4 is 23.9 Å². The zero-order chi connectivity index (χ0) is 11.4. The molecule has 2 unspecified atom stereocenters. The largest absolute Gasteiger partial charge is 0.393 e. The number of ether oxygens (including phenoxy) is 2. The Hall–Kier alpha value is -1.98. The molecule has 0 saturated carbocycles. The minimum Gasteiger partial charge on any atom is -0.393 e. The molecule has 0 N–H and O–H groups in total. The smallest absolute Gasteiger partial charge is 0.342 e. The summed E-state index contributed by atoms with van der Waals surface area (Å²) in [6.07, 6.45) is 0.129. The highest BCUT2D eigenvalue weighted by Gasteiger charge is 2.52.